The molecular formula is C10H10OS3. The average Bonchev–Trinajstić information content (AvgIpc) is 2.59. The smallest absolute Gasteiger partial charge is 0.0696 e. The fraction of sp³-hybridized carbons (Fsp3) is 0.200. The van der Waals surface area contributed by atoms with Crippen LogP contribution in [0.4, 0.5) is 0 Å². The fourth-order valence-electron chi connectivity index (χ4n) is 1.46. The second kappa shape index (κ2) is 4.14. The third kappa shape index (κ3) is 1.67. The zero-order valence-electron chi connectivity index (χ0n) is 7.65. The molecule has 1 aromatic heterocycles. The molecule has 0 atom stereocenters. The molecule has 14 heavy (non-hydrogen) atoms. The average molecular weight is 242 g/mol. The van der Waals surface area contributed by atoms with Crippen molar-refractivity contribution in [3.8, 4) is 0 Å². The number of aliphatic hydroxyl groups excluding tert-OH is 1. The number of benzene rings is 1. The molecule has 4 heteroatoms. The zero-order valence-corrected chi connectivity index (χ0v) is 10.2. The topological polar surface area (TPSA) is 20.2 Å². The van der Waals surface area contributed by atoms with Gasteiger partial charge in [-0.25, -0.2) is 0 Å². The van der Waals surface area contributed by atoms with Gasteiger partial charge in [-0.15, -0.1) is 35.7 Å². The van der Waals surface area contributed by atoms with E-state index in [-0.39, 0.29) is 6.61 Å². The maximum atomic E-state index is 9.19. The summed E-state index contributed by atoms with van der Waals surface area (Å²) >= 11 is 7.71. The van der Waals surface area contributed by atoms with Gasteiger partial charge in [-0.1, -0.05) is 0 Å². The monoisotopic (exact) mass is 242 g/mol. The van der Waals surface area contributed by atoms with Gasteiger partial charge in [0.1, 0.15) is 0 Å². The van der Waals surface area contributed by atoms with Crippen molar-refractivity contribution in [1.82, 2.24) is 0 Å². The van der Waals surface area contributed by atoms with E-state index in [1.54, 1.807) is 23.1 Å². The molecule has 1 nitrogen and oxygen atoms in total. The highest BCUT2D eigenvalue weighted by Gasteiger charge is 2.08. The van der Waals surface area contributed by atoms with Gasteiger partial charge < -0.3 is 5.11 Å². The number of thioether (sulfide) groups is 1. The molecule has 0 unspecified atom stereocenters. The molecule has 0 spiro atoms. The molecule has 0 saturated carbocycles. The van der Waals surface area contributed by atoms with Crippen molar-refractivity contribution in [2.45, 2.75) is 16.4 Å². The molecule has 0 bridgehead atoms. The molecule has 2 rings (SSSR count). The van der Waals surface area contributed by atoms with Crippen molar-refractivity contribution in [3.05, 3.63) is 23.1 Å². The summed E-state index contributed by atoms with van der Waals surface area (Å²) in [5.74, 6) is 0. The van der Waals surface area contributed by atoms with Crippen LogP contribution in [0.3, 0.4) is 0 Å². The summed E-state index contributed by atoms with van der Waals surface area (Å²) in [7, 11) is 0. The molecule has 0 saturated heterocycles. The number of hydrogen-bond acceptors (Lipinski definition) is 4. The summed E-state index contributed by atoms with van der Waals surface area (Å²) in [6, 6.07) is 4.09. The molecular weight excluding hydrogens is 232 g/mol. The summed E-state index contributed by atoms with van der Waals surface area (Å²) in [5.41, 5.74) is 1.02. The summed E-state index contributed by atoms with van der Waals surface area (Å²) in [4.78, 5) is 2.17. The van der Waals surface area contributed by atoms with E-state index < -0.39 is 0 Å². The Morgan fingerprint density at radius 1 is 1.50 bits per heavy atom. The molecule has 1 aromatic carbocycles. The first kappa shape index (κ1) is 10.4. The van der Waals surface area contributed by atoms with E-state index in [1.165, 1.54) is 15.0 Å². The van der Waals surface area contributed by atoms with Gasteiger partial charge in [0.05, 0.1) is 6.61 Å². The fourth-order valence-corrected chi connectivity index (χ4v) is 3.66. The van der Waals surface area contributed by atoms with E-state index in [2.05, 4.69) is 12.6 Å². The Morgan fingerprint density at radius 3 is 2.93 bits per heavy atom. The van der Waals surface area contributed by atoms with Gasteiger partial charge in [0, 0.05) is 19.9 Å². The van der Waals surface area contributed by atoms with Crippen molar-refractivity contribution in [3.63, 3.8) is 0 Å². The molecule has 2 aromatic rings. The number of thiol groups is 1. The van der Waals surface area contributed by atoms with Crippen LogP contribution in [0.2, 0.25) is 0 Å². The highest BCUT2D eigenvalue weighted by molar-refractivity contribution is 7.98. The van der Waals surface area contributed by atoms with Gasteiger partial charge in [0.25, 0.3) is 0 Å². The minimum atomic E-state index is 0.111. The normalized spacial score (nSPS) is 11.1. The van der Waals surface area contributed by atoms with Gasteiger partial charge in [-0.2, -0.15) is 0 Å². The molecule has 1 heterocycles. The van der Waals surface area contributed by atoms with Crippen LogP contribution in [0.25, 0.3) is 10.1 Å². The predicted octanol–water partition coefficient (Wildman–Crippen LogP) is 3.40. The Labute approximate surface area is 96.6 Å². The van der Waals surface area contributed by atoms with Crippen LogP contribution in [-0.2, 0) is 6.61 Å². The van der Waals surface area contributed by atoms with Gasteiger partial charge in [-0.3, -0.25) is 0 Å². The Bertz CT molecular complexity index is 462. The van der Waals surface area contributed by atoms with Gasteiger partial charge in [0.15, 0.2) is 0 Å². The Hall–Kier alpha value is -0.160. The van der Waals surface area contributed by atoms with Crippen molar-refractivity contribution < 1.29 is 5.11 Å². The lowest BCUT2D eigenvalue weighted by Gasteiger charge is -2.03. The SMILES string of the molecule is CSc1cc(S)cc2scc(CO)c12. The standard InChI is InChI=1S/C10H10OS3/c1-13-8-2-7(12)3-9-10(8)6(4-11)5-14-9/h2-3,5,11-12H,4H2,1H3. The Balaban J connectivity index is 2.78. The summed E-state index contributed by atoms with van der Waals surface area (Å²) in [5, 5.41) is 12.4. The van der Waals surface area contributed by atoms with E-state index in [9.17, 15) is 5.11 Å². The Morgan fingerprint density at radius 2 is 2.29 bits per heavy atom. The van der Waals surface area contributed by atoms with E-state index >= 15 is 0 Å². The quantitative estimate of drug-likeness (QED) is 0.622. The van der Waals surface area contributed by atoms with Crippen LogP contribution in [0.5, 0.6) is 0 Å². The molecule has 0 fully saturated rings. The molecule has 0 aliphatic carbocycles. The van der Waals surface area contributed by atoms with E-state index in [0.717, 1.165) is 10.5 Å². The van der Waals surface area contributed by atoms with Crippen LogP contribution >= 0.6 is 35.7 Å². The first-order chi connectivity index (χ1) is 6.76. The van der Waals surface area contributed by atoms with Crippen LogP contribution in [0, 0.1) is 0 Å². The third-order valence-corrected chi connectivity index (χ3v) is 4.09. The minimum Gasteiger partial charge on any atom is -0.392 e. The van der Waals surface area contributed by atoms with Gasteiger partial charge in [0.2, 0.25) is 0 Å². The zero-order chi connectivity index (χ0) is 10.1. The number of hydrogen-bond donors (Lipinski definition) is 2. The van der Waals surface area contributed by atoms with Crippen LogP contribution in [0.15, 0.2) is 27.3 Å². The first-order valence-corrected chi connectivity index (χ1v) is 6.69. The van der Waals surface area contributed by atoms with Crippen molar-refractivity contribution in [2.75, 3.05) is 6.26 Å². The lowest BCUT2D eigenvalue weighted by Crippen LogP contribution is -1.82. The van der Waals surface area contributed by atoms with Crippen LogP contribution in [-0.4, -0.2) is 11.4 Å². The van der Waals surface area contributed by atoms with Crippen molar-refractivity contribution >= 4 is 45.8 Å². The minimum absolute atomic E-state index is 0.111. The highest BCUT2D eigenvalue weighted by atomic mass is 32.2. The molecule has 74 valence electrons. The largest absolute Gasteiger partial charge is 0.392 e. The van der Waals surface area contributed by atoms with Crippen LogP contribution in [0.1, 0.15) is 5.56 Å². The summed E-state index contributed by atoms with van der Waals surface area (Å²) in [6.07, 6.45) is 2.04. The molecule has 1 N–H and O–H groups in total. The van der Waals surface area contributed by atoms with Gasteiger partial charge in [-0.05, 0) is 29.3 Å². The van der Waals surface area contributed by atoms with E-state index in [0.29, 0.717) is 0 Å². The predicted molar refractivity (Wildman–Crippen MR) is 66.8 cm³/mol. The molecule has 0 aliphatic heterocycles. The summed E-state index contributed by atoms with van der Waals surface area (Å²) < 4.78 is 1.20. The van der Waals surface area contributed by atoms with Crippen molar-refractivity contribution in [2.24, 2.45) is 0 Å². The third-order valence-electron chi connectivity index (χ3n) is 2.09. The van der Waals surface area contributed by atoms with Gasteiger partial charge >= 0.3 is 0 Å². The maximum absolute atomic E-state index is 9.19. The lowest BCUT2D eigenvalue weighted by atomic mass is 10.2. The summed E-state index contributed by atoms with van der Waals surface area (Å²) in [6.45, 7) is 0.111. The van der Waals surface area contributed by atoms with E-state index in [4.69, 9.17) is 0 Å². The second-order valence-corrected chi connectivity index (χ2v) is 5.22. The first-order valence-electron chi connectivity index (χ1n) is 4.14. The number of aliphatic hydroxyl groups is 1. The molecule has 0 amide bonds. The van der Waals surface area contributed by atoms with Crippen LogP contribution < -0.4 is 0 Å². The van der Waals surface area contributed by atoms with E-state index in [1.807, 2.05) is 23.8 Å². The number of thiophene rings is 1. The maximum Gasteiger partial charge on any atom is 0.0696 e. The molecule has 0 aliphatic rings. The Kier molecular flexibility index (Phi) is 3.07. The molecule has 0 radical (unpaired) electrons. The van der Waals surface area contributed by atoms with Crippen molar-refractivity contribution in [1.29, 1.82) is 0 Å². The lowest BCUT2D eigenvalue weighted by molar-refractivity contribution is 0.283. The number of fused-ring (bicyclic) bond motifs is 1. The second-order valence-electron chi connectivity index (χ2n) is 2.94. The number of rotatable bonds is 2. The highest BCUT2D eigenvalue weighted by Crippen LogP contribution is 2.35.